The highest BCUT2D eigenvalue weighted by atomic mass is 32.1. The van der Waals surface area contributed by atoms with Crippen LogP contribution in [-0.2, 0) is 13.2 Å². The molecule has 0 radical (unpaired) electrons. The first-order valence-electron chi connectivity index (χ1n) is 8.87. The molecule has 1 fully saturated rings. The number of rotatable bonds is 6. The minimum absolute atomic E-state index is 0.260. The molecule has 3 aromatic rings. The van der Waals surface area contributed by atoms with Crippen LogP contribution in [0.3, 0.4) is 0 Å². The molecule has 3 heterocycles. The highest BCUT2D eigenvalue weighted by Crippen LogP contribution is 2.22. The smallest absolute Gasteiger partial charge is 0.185 e. The van der Waals surface area contributed by atoms with Crippen molar-refractivity contribution in [1.82, 2.24) is 14.9 Å². The summed E-state index contributed by atoms with van der Waals surface area (Å²) in [6.07, 6.45) is 0. The van der Waals surface area contributed by atoms with Gasteiger partial charge in [0.25, 0.3) is 0 Å². The van der Waals surface area contributed by atoms with Crippen LogP contribution in [0.25, 0.3) is 0 Å². The van der Waals surface area contributed by atoms with Crippen LogP contribution in [-0.4, -0.2) is 41.0 Å². The summed E-state index contributed by atoms with van der Waals surface area (Å²) < 4.78 is 18.6. The predicted molar refractivity (Wildman–Crippen MR) is 107 cm³/mol. The molecule has 1 aliphatic heterocycles. The van der Waals surface area contributed by atoms with Crippen molar-refractivity contribution in [2.75, 3.05) is 31.1 Å². The van der Waals surface area contributed by atoms with Gasteiger partial charge < -0.3 is 9.64 Å². The van der Waals surface area contributed by atoms with Crippen LogP contribution in [0, 0.1) is 12.7 Å². The van der Waals surface area contributed by atoms with E-state index in [0.717, 1.165) is 54.3 Å². The molecule has 1 aromatic carbocycles. The Morgan fingerprint density at radius 2 is 1.81 bits per heavy atom. The van der Waals surface area contributed by atoms with Gasteiger partial charge in [0.2, 0.25) is 0 Å². The van der Waals surface area contributed by atoms with Crippen LogP contribution in [0.4, 0.5) is 9.52 Å². The third-order valence-electron chi connectivity index (χ3n) is 4.41. The quantitative estimate of drug-likeness (QED) is 0.622. The van der Waals surface area contributed by atoms with Crippen LogP contribution in [0.15, 0.2) is 35.0 Å². The van der Waals surface area contributed by atoms with E-state index in [4.69, 9.17) is 4.74 Å². The van der Waals surface area contributed by atoms with Gasteiger partial charge in [-0.15, -0.1) is 22.7 Å². The summed E-state index contributed by atoms with van der Waals surface area (Å²) in [5, 5.41) is 6.26. The lowest BCUT2D eigenvalue weighted by Crippen LogP contribution is -2.46. The molecule has 8 heteroatoms. The third kappa shape index (κ3) is 4.82. The molecule has 0 aliphatic carbocycles. The van der Waals surface area contributed by atoms with Crippen LogP contribution in [0.2, 0.25) is 0 Å². The van der Waals surface area contributed by atoms with E-state index in [1.54, 1.807) is 34.8 Å². The maximum Gasteiger partial charge on any atom is 0.185 e. The second-order valence-electron chi connectivity index (χ2n) is 6.51. The van der Waals surface area contributed by atoms with E-state index in [9.17, 15) is 4.39 Å². The number of benzene rings is 1. The molecule has 27 heavy (non-hydrogen) atoms. The summed E-state index contributed by atoms with van der Waals surface area (Å²) in [4.78, 5) is 14.0. The molecule has 5 nitrogen and oxygen atoms in total. The Hall–Kier alpha value is -2.03. The van der Waals surface area contributed by atoms with Gasteiger partial charge in [-0.25, -0.2) is 14.4 Å². The van der Waals surface area contributed by atoms with Gasteiger partial charge in [0, 0.05) is 43.5 Å². The number of aromatic nitrogens is 2. The average Bonchev–Trinajstić information content (AvgIpc) is 3.31. The third-order valence-corrected chi connectivity index (χ3v) is 6.30. The first-order chi connectivity index (χ1) is 13.2. The Bertz CT molecular complexity index is 872. The SMILES string of the molecule is Cc1csc(N2CCN(Cc3csc(COc4ccc(F)cc4)n3)CC2)n1. The Labute approximate surface area is 166 Å². The zero-order chi connectivity index (χ0) is 18.6. The van der Waals surface area contributed by atoms with Crippen LogP contribution >= 0.6 is 22.7 Å². The highest BCUT2D eigenvalue weighted by molar-refractivity contribution is 7.13. The molecule has 0 atom stereocenters. The molecule has 0 saturated carbocycles. The number of halogens is 1. The van der Waals surface area contributed by atoms with E-state index >= 15 is 0 Å². The minimum Gasteiger partial charge on any atom is -0.486 e. The molecule has 1 aliphatic rings. The number of ether oxygens (including phenoxy) is 1. The summed E-state index contributed by atoms with van der Waals surface area (Å²) in [6, 6.07) is 6.06. The number of hydrogen-bond donors (Lipinski definition) is 0. The van der Waals surface area contributed by atoms with E-state index in [1.165, 1.54) is 12.1 Å². The fourth-order valence-electron chi connectivity index (χ4n) is 2.98. The fraction of sp³-hybridized carbons (Fsp3) is 0.368. The summed E-state index contributed by atoms with van der Waals surface area (Å²) in [7, 11) is 0. The number of aryl methyl sites for hydroxylation is 1. The Morgan fingerprint density at radius 1 is 1.04 bits per heavy atom. The van der Waals surface area contributed by atoms with Gasteiger partial charge in [-0.05, 0) is 31.2 Å². The molecule has 1 saturated heterocycles. The Morgan fingerprint density at radius 3 is 2.52 bits per heavy atom. The number of thiazole rings is 2. The van der Waals surface area contributed by atoms with Gasteiger partial charge in [-0.1, -0.05) is 0 Å². The van der Waals surface area contributed by atoms with Gasteiger partial charge in [-0.3, -0.25) is 4.90 Å². The van der Waals surface area contributed by atoms with E-state index in [-0.39, 0.29) is 5.82 Å². The molecular weight excluding hydrogens is 383 g/mol. The molecule has 0 N–H and O–H groups in total. The number of hydrogen-bond acceptors (Lipinski definition) is 7. The lowest BCUT2D eigenvalue weighted by molar-refractivity contribution is 0.246. The monoisotopic (exact) mass is 404 g/mol. The molecule has 0 unspecified atom stereocenters. The molecule has 2 aromatic heterocycles. The summed E-state index contributed by atoms with van der Waals surface area (Å²) in [5.74, 6) is 0.394. The lowest BCUT2D eigenvalue weighted by Gasteiger charge is -2.34. The Balaban J connectivity index is 1.25. The molecule has 4 rings (SSSR count). The van der Waals surface area contributed by atoms with Crippen molar-refractivity contribution in [2.45, 2.75) is 20.1 Å². The van der Waals surface area contributed by atoms with E-state index < -0.39 is 0 Å². The summed E-state index contributed by atoms with van der Waals surface area (Å²) in [5.41, 5.74) is 2.17. The van der Waals surface area contributed by atoms with Gasteiger partial charge in [0.15, 0.2) is 5.13 Å². The zero-order valence-corrected chi connectivity index (χ0v) is 16.7. The number of anilines is 1. The van der Waals surface area contributed by atoms with Crippen molar-refractivity contribution in [3.8, 4) is 5.75 Å². The standard InChI is InChI=1S/C19H21FN4OS2/c1-14-12-27-19(21-14)24-8-6-23(7-9-24)10-16-13-26-18(22-16)11-25-17-4-2-15(20)3-5-17/h2-5,12-13H,6-11H2,1H3. The molecular formula is C19H21FN4OS2. The first kappa shape index (κ1) is 18.3. The second-order valence-corrected chi connectivity index (χ2v) is 8.29. The van der Waals surface area contributed by atoms with E-state index in [1.807, 2.05) is 6.92 Å². The van der Waals surface area contributed by atoms with Crippen molar-refractivity contribution in [3.05, 3.63) is 57.2 Å². The second kappa shape index (κ2) is 8.33. The Kier molecular flexibility index (Phi) is 5.66. The molecule has 0 amide bonds. The van der Waals surface area contributed by atoms with Crippen molar-refractivity contribution >= 4 is 27.8 Å². The average molecular weight is 405 g/mol. The largest absolute Gasteiger partial charge is 0.486 e. The van der Waals surface area contributed by atoms with Gasteiger partial charge in [0.1, 0.15) is 23.2 Å². The highest BCUT2D eigenvalue weighted by Gasteiger charge is 2.20. The maximum absolute atomic E-state index is 12.9. The molecule has 142 valence electrons. The minimum atomic E-state index is -0.260. The van der Waals surface area contributed by atoms with Gasteiger partial charge in [-0.2, -0.15) is 0 Å². The predicted octanol–water partition coefficient (Wildman–Crippen LogP) is 3.95. The van der Waals surface area contributed by atoms with Crippen molar-refractivity contribution < 1.29 is 9.13 Å². The van der Waals surface area contributed by atoms with E-state index in [2.05, 4.69) is 30.5 Å². The normalized spacial score (nSPS) is 15.3. The molecule has 0 bridgehead atoms. The first-order valence-corrected chi connectivity index (χ1v) is 10.6. The van der Waals surface area contributed by atoms with Crippen LogP contribution < -0.4 is 9.64 Å². The zero-order valence-electron chi connectivity index (χ0n) is 15.1. The van der Waals surface area contributed by atoms with Crippen LogP contribution in [0.5, 0.6) is 5.75 Å². The van der Waals surface area contributed by atoms with E-state index in [0.29, 0.717) is 12.4 Å². The van der Waals surface area contributed by atoms with Gasteiger partial charge in [0.05, 0.1) is 11.4 Å². The topological polar surface area (TPSA) is 41.5 Å². The summed E-state index contributed by atoms with van der Waals surface area (Å²) in [6.45, 7) is 7.32. The van der Waals surface area contributed by atoms with Crippen molar-refractivity contribution in [2.24, 2.45) is 0 Å². The number of nitrogens with zero attached hydrogens (tertiary/aromatic N) is 4. The summed E-state index contributed by atoms with van der Waals surface area (Å²) >= 11 is 3.32. The maximum atomic E-state index is 12.9. The molecule has 0 spiro atoms. The van der Waals surface area contributed by atoms with Crippen molar-refractivity contribution in [3.63, 3.8) is 0 Å². The van der Waals surface area contributed by atoms with Crippen molar-refractivity contribution in [1.29, 1.82) is 0 Å². The lowest BCUT2D eigenvalue weighted by atomic mass is 10.3. The fourth-order valence-corrected chi connectivity index (χ4v) is 4.53. The number of piperazine rings is 1. The van der Waals surface area contributed by atoms with Gasteiger partial charge >= 0.3 is 0 Å². The van der Waals surface area contributed by atoms with Crippen LogP contribution in [0.1, 0.15) is 16.4 Å².